The number of aryl methyl sites for hydroxylation is 3. The molecule has 2 aromatic carbocycles. The minimum absolute atomic E-state index is 0.126. The monoisotopic (exact) mass is 296 g/mol. The minimum Gasteiger partial charge on any atom is -0.486 e. The molecule has 0 radical (unpaired) electrons. The van der Waals surface area contributed by atoms with E-state index in [0.29, 0.717) is 6.42 Å². The van der Waals surface area contributed by atoms with E-state index in [1.165, 1.54) is 16.7 Å². The van der Waals surface area contributed by atoms with Crippen molar-refractivity contribution in [3.63, 3.8) is 0 Å². The summed E-state index contributed by atoms with van der Waals surface area (Å²) in [6.07, 6.45) is 2.93. The van der Waals surface area contributed by atoms with Gasteiger partial charge in [-0.3, -0.25) is 4.79 Å². The predicted molar refractivity (Wildman–Crippen MR) is 85.3 cm³/mol. The normalized spacial score (nSPS) is 16.3. The van der Waals surface area contributed by atoms with Crippen LogP contribution in [0.1, 0.15) is 41.2 Å². The summed E-state index contributed by atoms with van der Waals surface area (Å²) in [5.74, 6) is 0.0820. The van der Waals surface area contributed by atoms with Gasteiger partial charge >= 0.3 is 5.97 Å². The second-order valence-corrected chi connectivity index (χ2v) is 5.83. The molecule has 0 aromatic heterocycles. The fourth-order valence-electron chi connectivity index (χ4n) is 3.12. The topological polar surface area (TPSA) is 46.5 Å². The number of ether oxygens (including phenoxy) is 1. The zero-order chi connectivity index (χ0) is 15.5. The molecule has 1 aliphatic rings. The van der Waals surface area contributed by atoms with E-state index >= 15 is 0 Å². The van der Waals surface area contributed by atoms with Crippen LogP contribution in [0.3, 0.4) is 0 Å². The number of hydrogen-bond donors (Lipinski definition) is 1. The molecule has 2 aromatic rings. The van der Waals surface area contributed by atoms with Gasteiger partial charge in [-0.1, -0.05) is 30.3 Å². The molecule has 0 aliphatic heterocycles. The van der Waals surface area contributed by atoms with Gasteiger partial charge in [-0.2, -0.15) is 0 Å². The SMILES string of the molecule is Cc1cccc2c1C(Oc1ccc(CCC(=O)O)cc1)CC2. The van der Waals surface area contributed by atoms with Gasteiger partial charge in [0.15, 0.2) is 0 Å². The summed E-state index contributed by atoms with van der Waals surface area (Å²) in [5, 5.41) is 8.71. The molecule has 1 N–H and O–H groups in total. The van der Waals surface area contributed by atoms with Crippen LogP contribution in [-0.4, -0.2) is 11.1 Å². The van der Waals surface area contributed by atoms with Gasteiger partial charge in [0.2, 0.25) is 0 Å². The molecular formula is C19H20O3. The number of rotatable bonds is 5. The van der Waals surface area contributed by atoms with Gasteiger partial charge in [0, 0.05) is 6.42 Å². The maximum Gasteiger partial charge on any atom is 0.303 e. The van der Waals surface area contributed by atoms with Crippen molar-refractivity contribution >= 4 is 5.97 Å². The molecule has 1 aliphatic carbocycles. The summed E-state index contributed by atoms with van der Waals surface area (Å²) in [6, 6.07) is 14.2. The number of hydrogen-bond acceptors (Lipinski definition) is 2. The molecule has 22 heavy (non-hydrogen) atoms. The standard InChI is InChI=1S/C19H20O3/c1-13-3-2-4-15-8-11-17(19(13)15)22-16-9-5-14(6-10-16)7-12-18(20)21/h2-6,9-10,17H,7-8,11-12H2,1H3,(H,20,21). The number of benzene rings is 2. The molecule has 1 unspecified atom stereocenters. The Morgan fingerprint density at radius 1 is 1.23 bits per heavy atom. The van der Waals surface area contributed by atoms with Crippen LogP contribution >= 0.6 is 0 Å². The van der Waals surface area contributed by atoms with Crippen LogP contribution in [0.25, 0.3) is 0 Å². The number of carboxylic acids is 1. The smallest absolute Gasteiger partial charge is 0.303 e. The highest BCUT2D eigenvalue weighted by Gasteiger charge is 2.25. The molecule has 0 saturated carbocycles. The Morgan fingerprint density at radius 2 is 2.00 bits per heavy atom. The molecule has 0 bridgehead atoms. The first kappa shape index (κ1) is 14.6. The number of fused-ring (bicyclic) bond motifs is 1. The zero-order valence-electron chi connectivity index (χ0n) is 12.7. The summed E-state index contributed by atoms with van der Waals surface area (Å²) in [4.78, 5) is 10.6. The van der Waals surface area contributed by atoms with Gasteiger partial charge in [-0.25, -0.2) is 0 Å². The molecule has 3 heteroatoms. The fourth-order valence-corrected chi connectivity index (χ4v) is 3.12. The van der Waals surface area contributed by atoms with Crippen molar-refractivity contribution in [2.75, 3.05) is 0 Å². The third-order valence-electron chi connectivity index (χ3n) is 4.24. The highest BCUT2D eigenvalue weighted by atomic mass is 16.5. The first-order valence-electron chi connectivity index (χ1n) is 7.69. The van der Waals surface area contributed by atoms with Crippen LogP contribution in [0.5, 0.6) is 5.75 Å². The van der Waals surface area contributed by atoms with E-state index in [9.17, 15) is 4.79 Å². The van der Waals surface area contributed by atoms with Gasteiger partial charge in [0.1, 0.15) is 11.9 Å². The molecule has 0 spiro atoms. The highest BCUT2D eigenvalue weighted by molar-refractivity contribution is 5.67. The first-order valence-corrected chi connectivity index (χ1v) is 7.69. The molecular weight excluding hydrogens is 276 g/mol. The molecule has 0 saturated heterocycles. The Morgan fingerprint density at radius 3 is 2.73 bits per heavy atom. The third-order valence-corrected chi connectivity index (χ3v) is 4.24. The largest absolute Gasteiger partial charge is 0.486 e. The average molecular weight is 296 g/mol. The second kappa shape index (κ2) is 6.22. The van der Waals surface area contributed by atoms with Crippen molar-refractivity contribution in [1.82, 2.24) is 0 Å². The number of aliphatic carboxylic acids is 1. The number of carbonyl (C=O) groups is 1. The first-order chi connectivity index (χ1) is 10.6. The molecule has 114 valence electrons. The maximum atomic E-state index is 10.6. The lowest BCUT2D eigenvalue weighted by molar-refractivity contribution is -0.136. The lowest BCUT2D eigenvalue weighted by atomic mass is 10.0. The number of carboxylic acid groups (broad SMARTS) is 1. The van der Waals surface area contributed by atoms with Crippen molar-refractivity contribution in [1.29, 1.82) is 0 Å². The van der Waals surface area contributed by atoms with Crippen LogP contribution in [0.15, 0.2) is 42.5 Å². The van der Waals surface area contributed by atoms with Crippen molar-refractivity contribution in [2.24, 2.45) is 0 Å². The molecule has 0 amide bonds. The Bertz CT molecular complexity index is 674. The van der Waals surface area contributed by atoms with E-state index in [4.69, 9.17) is 9.84 Å². The quantitative estimate of drug-likeness (QED) is 0.904. The van der Waals surface area contributed by atoms with Gasteiger partial charge in [-0.05, 0) is 60.6 Å². The molecule has 3 nitrogen and oxygen atoms in total. The maximum absolute atomic E-state index is 10.6. The van der Waals surface area contributed by atoms with E-state index in [1.54, 1.807) is 0 Å². The van der Waals surface area contributed by atoms with Crippen LogP contribution in [-0.2, 0) is 17.6 Å². The van der Waals surface area contributed by atoms with Gasteiger partial charge in [0.25, 0.3) is 0 Å². The van der Waals surface area contributed by atoms with E-state index < -0.39 is 5.97 Å². The lowest BCUT2D eigenvalue weighted by Crippen LogP contribution is -2.05. The van der Waals surface area contributed by atoms with E-state index in [2.05, 4.69) is 25.1 Å². The second-order valence-electron chi connectivity index (χ2n) is 5.83. The van der Waals surface area contributed by atoms with Crippen molar-refractivity contribution in [3.05, 3.63) is 64.7 Å². The van der Waals surface area contributed by atoms with Crippen LogP contribution in [0, 0.1) is 6.92 Å². The summed E-state index contributed by atoms with van der Waals surface area (Å²) < 4.78 is 6.15. The van der Waals surface area contributed by atoms with Crippen LogP contribution in [0.4, 0.5) is 0 Å². The highest BCUT2D eigenvalue weighted by Crippen LogP contribution is 2.36. The Balaban J connectivity index is 1.69. The minimum atomic E-state index is -0.765. The molecule has 0 fully saturated rings. The Hall–Kier alpha value is -2.29. The zero-order valence-corrected chi connectivity index (χ0v) is 12.7. The van der Waals surface area contributed by atoms with E-state index in [0.717, 1.165) is 24.2 Å². The summed E-state index contributed by atoms with van der Waals surface area (Å²) >= 11 is 0. The molecule has 0 heterocycles. The van der Waals surface area contributed by atoms with E-state index in [-0.39, 0.29) is 12.5 Å². The van der Waals surface area contributed by atoms with Gasteiger partial charge in [0.05, 0.1) is 0 Å². The average Bonchev–Trinajstić information content (AvgIpc) is 2.91. The van der Waals surface area contributed by atoms with Crippen molar-refractivity contribution in [2.45, 2.75) is 38.7 Å². The molecule has 3 rings (SSSR count). The van der Waals surface area contributed by atoms with E-state index in [1.807, 2.05) is 24.3 Å². The molecule has 1 atom stereocenters. The van der Waals surface area contributed by atoms with Crippen molar-refractivity contribution < 1.29 is 14.6 Å². The van der Waals surface area contributed by atoms with Gasteiger partial charge < -0.3 is 9.84 Å². The lowest BCUT2D eigenvalue weighted by Gasteiger charge is -2.17. The summed E-state index contributed by atoms with van der Waals surface area (Å²) in [7, 11) is 0. The van der Waals surface area contributed by atoms with Gasteiger partial charge in [-0.15, -0.1) is 0 Å². The van der Waals surface area contributed by atoms with Crippen LogP contribution in [0.2, 0.25) is 0 Å². The van der Waals surface area contributed by atoms with Crippen molar-refractivity contribution in [3.8, 4) is 5.75 Å². The third kappa shape index (κ3) is 3.14. The van der Waals surface area contributed by atoms with Crippen LogP contribution < -0.4 is 4.74 Å². The fraction of sp³-hybridized carbons (Fsp3) is 0.316. The summed E-state index contributed by atoms with van der Waals surface area (Å²) in [5.41, 5.74) is 5.04. The Labute approximate surface area is 130 Å². The predicted octanol–water partition coefficient (Wildman–Crippen LogP) is 4.08. The Kier molecular flexibility index (Phi) is 4.14. The summed E-state index contributed by atoms with van der Waals surface area (Å²) in [6.45, 7) is 2.13.